The van der Waals surface area contributed by atoms with Gasteiger partial charge in [-0.15, -0.1) is 6.42 Å². The van der Waals surface area contributed by atoms with Gasteiger partial charge < -0.3 is 20.4 Å². The van der Waals surface area contributed by atoms with Crippen LogP contribution in [0.4, 0.5) is 0 Å². The molecule has 4 N–H and O–H groups in total. The Kier molecular flexibility index (Phi) is 8.14. The summed E-state index contributed by atoms with van der Waals surface area (Å²) >= 11 is 0. The Bertz CT molecular complexity index is 1770. The molecule has 7 nitrogen and oxygen atoms in total. The van der Waals surface area contributed by atoms with E-state index in [-0.39, 0.29) is 47.3 Å². The molecule has 1 unspecified atom stereocenters. The number of allylic oxidation sites excluding steroid dienone is 2. The normalized spacial score (nSPS) is 27.5. The summed E-state index contributed by atoms with van der Waals surface area (Å²) < 4.78 is 0. The number of aromatic hydroxyl groups is 1. The Morgan fingerprint density at radius 2 is 1.67 bits per heavy atom. The zero-order chi connectivity index (χ0) is 34.1. The number of carbonyl (C=O) groups is 3. The number of aliphatic hydroxyl groups is 3. The van der Waals surface area contributed by atoms with Crippen molar-refractivity contribution < 1.29 is 34.8 Å². The maximum atomic E-state index is 14.5. The van der Waals surface area contributed by atoms with Gasteiger partial charge in [-0.25, -0.2) is 0 Å². The minimum Gasteiger partial charge on any atom is -0.511 e. The molecule has 46 heavy (non-hydrogen) atoms. The molecule has 5 rings (SSSR count). The number of aliphatic hydroxyl groups excluding tert-OH is 2. The van der Waals surface area contributed by atoms with E-state index in [2.05, 4.69) is 5.92 Å². The Hall–Kier alpha value is -4.15. The number of aryl methyl sites for hydroxylation is 2. The number of benzene rings is 2. The van der Waals surface area contributed by atoms with Gasteiger partial charge in [0, 0.05) is 27.9 Å². The van der Waals surface area contributed by atoms with Crippen LogP contribution in [0.2, 0.25) is 0 Å². The molecule has 2 aromatic rings. The second-order valence-electron chi connectivity index (χ2n) is 14.6. The molecule has 242 valence electrons. The summed E-state index contributed by atoms with van der Waals surface area (Å²) in [4.78, 5) is 41.1. The van der Waals surface area contributed by atoms with Crippen molar-refractivity contribution in [2.24, 2.45) is 22.7 Å². The summed E-state index contributed by atoms with van der Waals surface area (Å²) in [6, 6.07) is 9.70. The molecule has 0 aromatic heterocycles. The Balaban J connectivity index is 1.65. The third-order valence-electron chi connectivity index (χ3n) is 10.8. The van der Waals surface area contributed by atoms with E-state index in [0.717, 1.165) is 30.0 Å². The SMILES string of the molecule is C#Cc1ccc(CCCc2cc(C(C)C)c3c(c2O)C(=O)C2=C(O)[C@@]4(O)C(=O)C(C(C)=O)=C(O)C(C(C)C)[C@@]4(C)C[C@@]2(C)C3)cc1. The maximum Gasteiger partial charge on any atom is 0.209 e. The first-order chi connectivity index (χ1) is 21.4. The van der Waals surface area contributed by atoms with E-state index in [4.69, 9.17) is 6.42 Å². The summed E-state index contributed by atoms with van der Waals surface area (Å²) in [5, 5.41) is 47.2. The molecule has 0 bridgehead atoms. The number of phenolic OH excluding ortho intramolecular Hbond substituents is 1. The predicted octanol–water partition coefficient (Wildman–Crippen LogP) is 6.63. The second kappa shape index (κ2) is 11.3. The van der Waals surface area contributed by atoms with Crippen molar-refractivity contribution in [1.29, 1.82) is 0 Å². The van der Waals surface area contributed by atoms with Crippen LogP contribution in [0.5, 0.6) is 5.75 Å². The number of carbonyl (C=O) groups excluding carboxylic acids is 3. The zero-order valence-electron chi connectivity index (χ0n) is 27.7. The number of ketones is 3. The maximum absolute atomic E-state index is 14.5. The van der Waals surface area contributed by atoms with E-state index in [9.17, 15) is 34.8 Å². The molecular formula is C39H44O7. The summed E-state index contributed by atoms with van der Waals surface area (Å²) in [5.41, 5.74) is -1.60. The highest BCUT2D eigenvalue weighted by Crippen LogP contribution is 2.65. The van der Waals surface area contributed by atoms with Crippen LogP contribution in [0.15, 0.2) is 53.0 Å². The Morgan fingerprint density at radius 1 is 1.04 bits per heavy atom. The van der Waals surface area contributed by atoms with Crippen LogP contribution < -0.4 is 0 Å². The zero-order valence-corrected chi connectivity index (χ0v) is 27.7. The van der Waals surface area contributed by atoms with E-state index >= 15 is 0 Å². The highest BCUT2D eigenvalue weighted by Gasteiger charge is 2.71. The third-order valence-corrected chi connectivity index (χ3v) is 10.8. The lowest BCUT2D eigenvalue weighted by atomic mass is 9.44. The van der Waals surface area contributed by atoms with Crippen LogP contribution in [0.1, 0.15) is 105 Å². The molecule has 0 heterocycles. The number of hydrogen-bond donors (Lipinski definition) is 4. The fraction of sp³-hybridized carbons (Fsp3) is 0.462. The number of fused-ring (bicyclic) bond motifs is 3. The molecule has 0 fully saturated rings. The average molecular weight is 625 g/mol. The highest BCUT2D eigenvalue weighted by atomic mass is 16.3. The first-order valence-corrected chi connectivity index (χ1v) is 16.1. The largest absolute Gasteiger partial charge is 0.511 e. The van der Waals surface area contributed by atoms with E-state index in [1.807, 2.05) is 65.0 Å². The van der Waals surface area contributed by atoms with Crippen molar-refractivity contribution in [3.05, 3.63) is 86.4 Å². The molecular weight excluding hydrogens is 580 g/mol. The van der Waals surface area contributed by atoms with Gasteiger partial charge in [-0.05, 0) is 85.3 Å². The number of terminal acetylenes is 1. The number of rotatable bonds is 7. The van der Waals surface area contributed by atoms with Crippen molar-refractivity contribution in [1.82, 2.24) is 0 Å². The molecule has 0 aliphatic heterocycles. The fourth-order valence-corrected chi connectivity index (χ4v) is 8.84. The summed E-state index contributed by atoms with van der Waals surface area (Å²) in [7, 11) is 0. The first kappa shape index (κ1) is 33.2. The van der Waals surface area contributed by atoms with Crippen molar-refractivity contribution >= 4 is 17.3 Å². The van der Waals surface area contributed by atoms with E-state index in [0.29, 0.717) is 24.0 Å². The van der Waals surface area contributed by atoms with Crippen LogP contribution in [0, 0.1) is 35.0 Å². The van der Waals surface area contributed by atoms with Gasteiger partial charge in [0.1, 0.15) is 22.8 Å². The van der Waals surface area contributed by atoms with Gasteiger partial charge >= 0.3 is 0 Å². The van der Waals surface area contributed by atoms with E-state index < -0.39 is 51.0 Å². The minimum atomic E-state index is -2.62. The molecule has 2 aromatic carbocycles. The molecule has 0 spiro atoms. The molecule has 0 radical (unpaired) electrons. The topological polar surface area (TPSA) is 132 Å². The standard InChI is InChI=1S/C39H44O7/c1-9-23-13-15-24(16-14-23)11-10-12-25-17-26(20(2)3)27-18-37(7)19-38(8)30(21(4)5)33(42)28(22(6)40)35(44)39(38,46)36(45)31(37)34(43)29(27)32(25)41/h1,13-17,20-21,30,41-42,45-46H,10-12,18-19H2,2-8H3/t30?,37-,38-,39+/m1/s1. The van der Waals surface area contributed by atoms with Crippen LogP contribution in [0.3, 0.4) is 0 Å². The predicted molar refractivity (Wildman–Crippen MR) is 176 cm³/mol. The van der Waals surface area contributed by atoms with Gasteiger partial charge in [0.05, 0.1) is 5.56 Å². The van der Waals surface area contributed by atoms with Crippen LogP contribution >= 0.6 is 0 Å². The second-order valence-corrected chi connectivity index (χ2v) is 14.6. The highest BCUT2D eigenvalue weighted by molar-refractivity contribution is 6.25. The van der Waals surface area contributed by atoms with E-state index in [1.54, 1.807) is 6.92 Å². The van der Waals surface area contributed by atoms with Gasteiger partial charge in [0.15, 0.2) is 17.2 Å². The van der Waals surface area contributed by atoms with Crippen molar-refractivity contribution in [2.75, 3.05) is 0 Å². The molecule has 0 saturated heterocycles. The van der Waals surface area contributed by atoms with Crippen molar-refractivity contribution in [3.63, 3.8) is 0 Å². The van der Waals surface area contributed by atoms with Crippen LogP contribution in [-0.2, 0) is 28.9 Å². The molecule has 0 saturated carbocycles. The Labute approximate surface area is 271 Å². The molecule has 0 amide bonds. The van der Waals surface area contributed by atoms with Crippen molar-refractivity contribution in [2.45, 2.75) is 92.1 Å². The molecule has 3 aliphatic rings. The first-order valence-electron chi connectivity index (χ1n) is 16.1. The van der Waals surface area contributed by atoms with Gasteiger partial charge in [-0.2, -0.15) is 0 Å². The van der Waals surface area contributed by atoms with Crippen molar-refractivity contribution in [3.8, 4) is 18.1 Å². The Morgan fingerprint density at radius 3 is 2.22 bits per heavy atom. The summed E-state index contributed by atoms with van der Waals surface area (Å²) in [5.74, 6) is -2.38. The quantitative estimate of drug-likeness (QED) is 0.201. The van der Waals surface area contributed by atoms with Gasteiger partial charge in [0.2, 0.25) is 5.78 Å². The summed E-state index contributed by atoms with van der Waals surface area (Å²) in [6.45, 7) is 12.3. The van der Waals surface area contributed by atoms with Gasteiger partial charge in [0.25, 0.3) is 0 Å². The minimum absolute atomic E-state index is 0.0146. The lowest BCUT2D eigenvalue weighted by Crippen LogP contribution is -2.67. The fourth-order valence-electron chi connectivity index (χ4n) is 8.84. The summed E-state index contributed by atoms with van der Waals surface area (Å²) in [6.07, 6.45) is 7.74. The van der Waals surface area contributed by atoms with Crippen LogP contribution in [0.25, 0.3) is 0 Å². The monoisotopic (exact) mass is 624 g/mol. The average Bonchev–Trinajstić information content (AvgIpc) is 2.95. The number of hydrogen-bond acceptors (Lipinski definition) is 7. The van der Waals surface area contributed by atoms with Crippen LogP contribution in [-0.4, -0.2) is 43.4 Å². The third kappa shape index (κ3) is 4.64. The smallest absolute Gasteiger partial charge is 0.209 e. The molecule has 3 aliphatic carbocycles. The van der Waals surface area contributed by atoms with Gasteiger partial charge in [-0.3, -0.25) is 14.4 Å². The molecule has 7 heteroatoms. The number of Topliss-reactive ketones (excluding diaryl/α,β-unsaturated/α-hetero) is 3. The van der Waals surface area contributed by atoms with E-state index in [1.165, 1.54) is 0 Å². The number of phenols is 1. The lowest BCUT2D eigenvalue weighted by Gasteiger charge is -2.59. The lowest BCUT2D eigenvalue weighted by molar-refractivity contribution is -0.171. The molecule has 4 atom stereocenters. The van der Waals surface area contributed by atoms with Gasteiger partial charge in [-0.1, -0.05) is 65.7 Å².